The number of benzene rings is 1. The van der Waals surface area contributed by atoms with E-state index >= 15 is 0 Å². The SMILES string of the molecule is Cc1cc(C)cc(C(C)N(CC2CCCN2)C(C)C)c1. The predicted molar refractivity (Wildman–Crippen MR) is 87.2 cm³/mol. The van der Waals surface area contributed by atoms with Crippen molar-refractivity contribution in [3.05, 3.63) is 34.9 Å². The summed E-state index contributed by atoms with van der Waals surface area (Å²) in [5, 5.41) is 3.63. The molecule has 0 aromatic heterocycles. The van der Waals surface area contributed by atoms with Crippen LogP contribution in [0.1, 0.15) is 56.3 Å². The third-order valence-electron chi connectivity index (χ3n) is 4.48. The maximum absolute atomic E-state index is 3.63. The lowest BCUT2D eigenvalue weighted by Gasteiger charge is -2.35. The summed E-state index contributed by atoms with van der Waals surface area (Å²) in [6, 6.07) is 8.67. The maximum atomic E-state index is 3.63. The van der Waals surface area contributed by atoms with Gasteiger partial charge >= 0.3 is 0 Å². The molecule has 1 fully saturated rings. The second-order valence-corrected chi connectivity index (χ2v) is 6.68. The minimum absolute atomic E-state index is 0.482. The quantitative estimate of drug-likeness (QED) is 0.878. The molecule has 0 radical (unpaired) electrons. The number of aryl methyl sites for hydroxylation is 2. The monoisotopic (exact) mass is 274 g/mol. The Labute approximate surface area is 124 Å². The highest BCUT2D eigenvalue weighted by Gasteiger charge is 2.24. The zero-order valence-electron chi connectivity index (χ0n) is 13.7. The fourth-order valence-electron chi connectivity index (χ4n) is 3.43. The van der Waals surface area contributed by atoms with Gasteiger partial charge in [0.1, 0.15) is 0 Å². The summed E-state index contributed by atoms with van der Waals surface area (Å²) in [7, 11) is 0. The van der Waals surface area contributed by atoms with Gasteiger partial charge in [-0.3, -0.25) is 4.90 Å². The third kappa shape index (κ3) is 3.83. The summed E-state index contributed by atoms with van der Waals surface area (Å²) < 4.78 is 0. The molecule has 2 nitrogen and oxygen atoms in total. The van der Waals surface area contributed by atoms with E-state index in [1.54, 1.807) is 0 Å². The van der Waals surface area contributed by atoms with Crippen LogP contribution >= 0.6 is 0 Å². The summed E-state index contributed by atoms with van der Waals surface area (Å²) in [5.74, 6) is 0. The maximum Gasteiger partial charge on any atom is 0.0323 e. The van der Waals surface area contributed by atoms with E-state index in [1.807, 2.05) is 0 Å². The van der Waals surface area contributed by atoms with Gasteiger partial charge in [-0.05, 0) is 59.6 Å². The first kappa shape index (κ1) is 15.5. The summed E-state index contributed by atoms with van der Waals surface area (Å²) in [5.41, 5.74) is 4.19. The van der Waals surface area contributed by atoms with Crippen molar-refractivity contribution < 1.29 is 0 Å². The molecule has 2 atom stereocenters. The number of nitrogens with one attached hydrogen (secondary N) is 1. The first-order valence-corrected chi connectivity index (χ1v) is 8.04. The zero-order valence-corrected chi connectivity index (χ0v) is 13.7. The van der Waals surface area contributed by atoms with Gasteiger partial charge in [-0.2, -0.15) is 0 Å². The van der Waals surface area contributed by atoms with Crippen LogP contribution in [0.25, 0.3) is 0 Å². The summed E-state index contributed by atoms with van der Waals surface area (Å²) in [4.78, 5) is 2.64. The Morgan fingerprint density at radius 3 is 2.30 bits per heavy atom. The normalized spacial score (nSPS) is 20.9. The Morgan fingerprint density at radius 1 is 1.15 bits per heavy atom. The molecule has 1 saturated heterocycles. The van der Waals surface area contributed by atoms with Gasteiger partial charge in [0.25, 0.3) is 0 Å². The van der Waals surface area contributed by atoms with Crippen molar-refractivity contribution in [1.29, 1.82) is 0 Å². The Balaban J connectivity index is 2.14. The van der Waals surface area contributed by atoms with Crippen molar-refractivity contribution in [3.8, 4) is 0 Å². The fraction of sp³-hybridized carbons (Fsp3) is 0.667. The van der Waals surface area contributed by atoms with E-state index in [0.29, 0.717) is 18.1 Å². The van der Waals surface area contributed by atoms with Crippen molar-refractivity contribution in [2.24, 2.45) is 0 Å². The molecule has 0 aliphatic carbocycles. The van der Waals surface area contributed by atoms with E-state index in [1.165, 1.54) is 36.1 Å². The Kier molecular flexibility index (Phi) is 5.22. The van der Waals surface area contributed by atoms with Gasteiger partial charge in [0.2, 0.25) is 0 Å². The van der Waals surface area contributed by atoms with Gasteiger partial charge in [0, 0.05) is 24.7 Å². The van der Waals surface area contributed by atoms with E-state index in [-0.39, 0.29) is 0 Å². The highest BCUT2D eigenvalue weighted by molar-refractivity contribution is 5.30. The minimum atomic E-state index is 0.482. The molecular formula is C18H30N2. The lowest BCUT2D eigenvalue weighted by atomic mass is 9.99. The van der Waals surface area contributed by atoms with Crippen LogP contribution < -0.4 is 5.32 Å². The van der Waals surface area contributed by atoms with Crippen LogP contribution in [0, 0.1) is 13.8 Å². The van der Waals surface area contributed by atoms with Gasteiger partial charge in [-0.1, -0.05) is 29.3 Å². The van der Waals surface area contributed by atoms with E-state index in [9.17, 15) is 0 Å². The van der Waals surface area contributed by atoms with Crippen LogP contribution in [0.2, 0.25) is 0 Å². The summed E-state index contributed by atoms with van der Waals surface area (Å²) >= 11 is 0. The van der Waals surface area contributed by atoms with Gasteiger partial charge < -0.3 is 5.32 Å². The number of rotatable bonds is 5. The lowest BCUT2D eigenvalue weighted by Crippen LogP contribution is -2.42. The zero-order chi connectivity index (χ0) is 14.7. The lowest BCUT2D eigenvalue weighted by molar-refractivity contribution is 0.149. The van der Waals surface area contributed by atoms with Gasteiger partial charge in [0.05, 0.1) is 0 Å². The highest BCUT2D eigenvalue weighted by Crippen LogP contribution is 2.25. The second kappa shape index (κ2) is 6.73. The molecule has 1 aromatic carbocycles. The smallest absolute Gasteiger partial charge is 0.0323 e. The van der Waals surface area contributed by atoms with E-state index < -0.39 is 0 Å². The molecule has 1 N–H and O–H groups in total. The van der Waals surface area contributed by atoms with Gasteiger partial charge in [-0.15, -0.1) is 0 Å². The topological polar surface area (TPSA) is 15.3 Å². The van der Waals surface area contributed by atoms with Gasteiger partial charge in [0.15, 0.2) is 0 Å². The molecule has 0 amide bonds. The molecule has 2 heteroatoms. The number of hydrogen-bond acceptors (Lipinski definition) is 2. The molecule has 1 aromatic rings. The largest absolute Gasteiger partial charge is 0.313 e. The highest BCUT2D eigenvalue weighted by atomic mass is 15.2. The summed E-state index contributed by atoms with van der Waals surface area (Å²) in [6.45, 7) is 13.7. The molecule has 0 spiro atoms. The van der Waals surface area contributed by atoms with Crippen molar-refractivity contribution in [1.82, 2.24) is 10.2 Å². The van der Waals surface area contributed by atoms with Gasteiger partial charge in [-0.25, -0.2) is 0 Å². The third-order valence-corrected chi connectivity index (χ3v) is 4.48. The Bertz CT molecular complexity index is 413. The van der Waals surface area contributed by atoms with Crippen molar-refractivity contribution >= 4 is 0 Å². The summed E-state index contributed by atoms with van der Waals surface area (Å²) in [6.07, 6.45) is 2.65. The molecule has 1 aliphatic rings. The molecule has 1 aliphatic heterocycles. The molecule has 2 rings (SSSR count). The molecule has 2 unspecified atom stereocenters. The number of nitrogens with zero attached hydrogens (tertiary/aromatic N) is 1. The fourth-order valence-corrected chi connectivity index (χ4v) is 3.43. The Hall–Kier alpha value is -0.860. The average Bonchev–Trinajstić information content (AvgIpc) is 2.86. The molecule has 20 heavy (non-hydrogen) atoms. The van der Waals surface area contributed by atoms with Crippen LogP contribution in [0.4, 0.5) is 0 Å². The molecule has 0 bridgehead atoms. The van der Waals surface area contributed by atoms with Crippen LogP contribution in [0.3, 0.4) is 0 Å². The Morgan fingerprint density at radius 2 is 1.80 bits per heavy atom. The number of hydrogen-bond donors (Lipinski definition) is 1. The predicted octanol–water partition coefficient (Wildman–Crippen LogP) is 3.83. The second-order valence-electron chi connectivity index (χ2n) is 6.68. The van der Waals surface area contributed by atoms with E-state index in [0.717, 1.165) is 6.54 Å². The molecule has 0 saturated carbocycles. The molecule has 1 heterocycles. The van der Waals surface area contributed by atoms with Crippen molar-refractivity contribution in [2.45, 2.75) is 65.6 Å². The van der Waals surface area contributed by atoms with Crippen LogP contribution in [0.5, 0.6) is 0 Å². The van der Waals surface area contributed by atoms with E-state index in [2.05, 4.69) is 63.0 Å². The van der Waals surface area contributed by atoms with Crippen LogP contribution in [0.15, 0.2) is 18.2 Å². The molecular weight excluding hydrogens is 244 g/mol. The first-order chi connectivity index (χ1) is 9.47. The van der Waals surface area contributed by atoms with Crippen molar-refractivity contribution in [2.75, 3.05) is 13.1 Å². The van der Waals surface area contributed by atoms with Crippen LogP contribution in [-0.4, -0.2) is 30.1 Å². The van der Waals surface area contributed by atoms with E-state index in [4.69, 9.17) is 0 Å². The average molecular weight is 274 g/mol. The minimum Gasteiger partial charge on any atom is -0.313 e. The van der Waals surface area contributed by atoms with Crippen molar-refractivity contribution in [3.63, 3.8) is 0 Å². The molecule has 112 valence electrons. The standard InChI is InChI=1S/C18H30N2/c1-13(2)20(12-18-7-6-8-19-18)16(5)17-10-14(3)9-15(4)11-17/h9-11,13,16,18-19H,6-8,12H2,1-5H3. The first-order valence-electron chi connectivity index (χ1n) is 8.04. The van der Waals surface area contributed by atoms with Crippen LogP contribution in [-0.2, 0) is 0 Å².